The van der Waals surface area contributed by atoms with Crippen LogP contribution in [0.15, 0.2) is 122 Å². The first-order chi connectivity index (χ1) is 46.3. The van der Waals surface area contributed by atoms with Crippen molar-refractivity contribution in [3.05, 3.63) is 165 Å². The Hall–Kier alpha value is -6.12. The third-order valence-corrected chi connectivity index (χ3v) is 23.2. The normalized spacial score (nSPS) is 30.8. The number of hydrogen-bond acceptors (Lipinski definition) is 15. The number of morpholine rings is 1. The van der Waals surface area contributed by atoms with Gasteiger partial charge in [0.05, 0.1) is 69.8 Å². The molecule has 9 aliphatic rings. The van der Waals surface area contributed by atoms with E-state index >= 15 is 0 Å². The van der Waals surface area contributed by atoms with Gasteiger partial charge in [0.1, 0.15) is 11.5 Å². The third kappa shape index (κ3) is 14.9. The summed E-state index contributed by atoms with van der Waals surface area (Å²) in [5, 5.41) is 46.0. The lowest BCUT2D eigenvalue weighted by molar-refractivity contribution is -0.160. The lowest BCUT2D eigenvalue weighted by Crippen LogP contribution is -2.50. The van der Waals surface area contributed by atoms with Crippen LogP contribution in [-0.2, 0) is 63.4 Å². The fraction of sp³-hybridized carbons (Fsp3) is 0.558. The maximum Gasteiger partial charge on any atom is 0.340 e. The van der Waals surface area contributed by atoms with Crippen LogP contribution >= 0.6 is 23.2 Å². The highest BCUT2D eigenvalue weighted by Crippen LogP contribution is 2.51. The molecule has 4 aromatic rings. The van der Waals surface area contributed by atoms with Crippen LogP contribution in [0.4, 0.5) is 11.4 Å². The van der Waals surface area contributed by atoms with Gasteiger partial charge >= 0.3 is 11.9 Å². The van der Waals surface area contributed by atoms with Gasteiger partial charge < -0.3 is 68.4 Å². The molecule has 518 valence electrons. The van der Waals surface area contributed by atoms with Crippen molar-refractivity contribution in [2.45, 2.75) is 124 Å². The molecule has 0 aromatic heterocycles. The molecule has 5 heterocycles. The number of carboxylic acid groups (broad SMARTS) is 2. The minimum atomic E-state index is -2.14. The predicted octanol–water partition coefficient (Wildman–Crippen LogP) is 11.6. The molecule has 2 saturated carbocycles. The molecule has 19 heteroatoms. The number of halogens is 2. The van der Waals surface area contributed by atoms with Crippen molar-refractivity contribution in [1.82, 2.24) is 14.7 Å². The number of nitrogens with zero attached hydrogens (tertiary/aromatic N) is 5. The van der Waals surface area contributed by atoms with Crippen LogP contribution in [0, 0.1) is 23.7 Å². The summed E-state index contributed by atoms with van der Waals surface area (Å²) in [5.41, 5.74) is 3.72. The molecule has 0 amide bonds. The van der Waals surface area contributed by atoms with Gasteiger partial charge in [-0.3, -0.25) is 4.90 Å². The maximum atomic E-state index is 12.8. The summed E-state index contributed by atoms with van der Waals surface area (Å²) in [6.45, 7) is 19.8. The molecule has 4 aromatic carbocycles. The first-order valence-electron chi connectivity index (χ1n) is 35.0. The lowest BCUT2D eigenvalue weighted by Gasteiger charge is -2.46. The van der Waals surface area contributed by atoms with Crippen LogP contribution in [0.5, 0.6) is 11.5 Å². The Bertz CT molecular complexity index is 3530. The fourth-order valence-corrected chi connectivity index (χ4v) is 17.0. The molecule has 4 bridgehead atoms. The van der Waals surface area contributed by atoms with Crippen molar-refractivity contribution in [3.8, 4) is 11.5 Å². The van der Waals surface area contributed by atoms with E-state index in [1.807, 2.05) is 60.3 Å². The second-order valence-electron chi connectivity index (χ2n) is 28.8. The van der Waals surface area contributed by atoms with Gasteiger partial charge in [-0.25, -0.2) is 9.59 Å². The molecule has 0 unspecified atom stereocenters. The van der Waals surface area contributed by atoms with Crippen molar-refractivity contribution in [2.24, 2.45) is 23.7 Å². The number of anilines is 2. The number of fused-ring (bicyclic) bond motifs is 8. The van der Waals surface area contributed by atoms with Crippen LogP contribution < -0.4 is 19.3 Å². The van der Waals surface area contributed by atoms with E-state index < -0.39 is 23.1 Å². The summed E-state index contributed by atoms with van der Waals surface area (Å²) >= 11 is 12.9. The van der Waals surface area contributed by atoms with E-state index in [4.69, 9.17) is 51.6 Å². The monoisotopic (exact) mass is 1360 g/mol. The van der Waals surface area contributed by atoms with Gasteiger partial charge in [-0.1, -0.05) is 84.9 Å². The van der Waals surface area contributed by atoms with Crippen molar-refractivity contribution in [1.29, 1.82) is 0 Å². The zero-order chi connectivity index (χ0) is 67.4. The first kappa shape index (κ1) is 69.8. The molecule has 13 rings (SSSR count). The van der Waals surface area contributed by atoms with Gasteiger partial charge in [0.15, 0.2) is 11.2 Å². The number of ether oxygens (including phenoxy) is 6. The van der Waals surface area contributed by atoms with Crippen molar-refractivity contribution >= 4 is 46.5 Å². The Morgan fingerprint density at radius 1 is 0.615 bits per heavy atom. The summed E-state index contributed by atoms with van der Waals surface area (Å²) in [7, 11) is 5.48. The summed E-state index contributed by atoms with van der Waals surface area (Å²) in [5.74, 6) is 0.271. The Morgan fingerprint density at radius 3 is 1.52 bits per heavy atom. The zero-order valence-electron chi connectivity index (χ0n) is 56.4. The van der Waals surface area contributed by atoms with Crippen LogP contribution in [-0.4, -0.2) is 186 Å². The van der Waals surface area contributed by atoms with E-state index in [9.17, 15) is 30.0 Å². The number of hydrogen-bond donors (Lipinski definition) is 4. The maximum absolute atomic E-state index is 12.8. The predicted molar refractivity (Wildman–Crippen MR) is 375 cm³/mol. The lowest BCUT2D eigenvalue weighted by atomic mass is 9.68. The van der Waals surface area contributed by atoms with E-state index in [0.717, 1.165) is 151 Å². The van der Waals surface area contributed by atoms with E-state index in [1.165, 1.54) is 22.3 Å². The highest BCUT2D eigenvalue weighted by Gasteiger charge is 2.49. The molecule has 10 atom stereocenters. The minimum Gasteiger partial charge on any atom is -0.490 e. The van der Waals surface area contributed by atoms with Gasteiger partial charge in [-0.05, 0) is 183 Å². The molecular formula is C77H99Cl2N5O12. The number of aliphatic carboxylic acids is 2. The number of rotatable bonds is 10. The highest BCUT2D eigenvalue weighted by atomic mass is 35.5. The minimum absolute atomic E-state index is 0.00819. The SMILES string of the molecule is C=C1C[C@](O)(C(=O)O)c2ccc3c(c2)N(C[C@@H]2CC[C@H]2[C@@H](OCCN2CCOCC2)/C=C/CCN1C)C[C@@]1(CCCc2cc(Cl)ccc21)CO3.C=C1C[C@](O)(C(=O)O)c2ccc3c(c2)N(C[C@@H]2CC[C@H]2[C@@H](OCCOC)/C=C/CCN1C)C[C@@]1(CCCc2cc(Cl)ccc21)CO3. The number of benzene rings is 4. The summed E-state index contributed by atoms with van der Waals surface area (Å²) in [4.78, 5) is 36.7. The number of aliphatic hydroxyl groups is 2. The smallest absolute Gasteiger partial charge is 0.340 e. The molecule has 0 radical (unpaired) electrons. The quantitative estimate of drug-likeness (QED) is 0.0867. The van der Waals surface area contributed by atoms with Gasteiger partial charge in [0.25, 0.3) is 0 Å². The first-order valence-corrected chi connectivity index (χ1v) is 35.7. The molecule has 3 fully saturated rings. The van der Waals surface area contributed by atoms with E-state index in [-0.39, 0.29) is 35.9 Å². The molecule has 2 spiro atoms. The number of methoxy groups -OCH3 is 1. The third-order valence-electron chi connectivity index (χ3n) is 22.8. The van der Waals surface area contributed by atoms with E-state index in [2.05, 4.69) is 76.4 Å². The molecule has 4 aliphatic carbocycles. The number of carbonyl (C=O) groups is 2. The van der Waals surface area contributed by atoms with E-state index in [0.29, 0.717) is 110 Å². The van der Waals surface area contributed by atoms with E-state index in [1.54, 1.807) is 19.2 Å². The second-order valence-corrected chi connectivity index (χ2v) is 29.7. The molecule has 4 N–H and O–H groups in total. The van der Waals surface area contributed by atoms with Gasteiger partial charge in [-0.15, -0.1) is 0 Å². The van der Waals surface area contributed by atoms with Crippen molar-refractivity contribution < 1.29 is 58.4 Å². The number of aryl methyl sites for hydroxylation is 2. The Kier molecular flexibility index (Phi) is 21.9. The molecule has 17 nitrogen and oxygen atoms in total. The Morgan fingerprint density at radius 2 is 1.08 bits per heavy atom. The average Bonchev–Trinajstić information content (AvgIpc) is 1.50. The van der Waals surface area contributed by atoms with Crippen LogP contribution in [0.2, 0.25) is 10.0 Å². The Labute approximate surface area is 577 Å². The van der Waals surface area contributed by atoms with Gasteiger partial charge in [0, 0.05) is 125 Å². The van der Waals surface area contributed by atoms with Crippen LogP contribution in [0.25, 0.3) is 0 Å². The van der Waals surface area contributed by atoms with Crippen LogP contribution in [0.1, 0.15) is 110 Å². The summed E-state index contributed by atoms with van der Waals surface area (Å²) in [6, 6.07) is 23.3. The number of carboxylic acids is 2. The standard InChI is InChI=1S/C40H52ClN3O6.C37H47ClN2O6/c1-28-24-40(47,38(45)46)31-9-13-37-35(23-31)44(26-39(27-50-37)14-5-6-29-22-32(41)10-12-34(29)39)25-30-8-11-33(30)36(7-3-4-15-42(28)2)49-21-18-43-16-19-48-20-17-43;1-25-21-37(43,35(41)42)28-10-14-34-32(20-28)40(23-36(24-46-34)15-6-7-26-19-29(38)11-13-31(26)36)22-27-9-12-30(27)33(45-18-17-44-3)8-4-5-16-39(25)2/h3,7,9-10,12-13,22-23,30,33,36,47H,1,4-6,8,11,14-21,24-27H2,2H3,(H,45,46);4,8,10-11,13-14,19-20,27,30,33,43H,1,5-7,9,12,15-18,21-24H2,2-3H3,(H,41,42)/b7-3+;8-4+/t30-,33+,36-,39-,40+;27-,30+,33-,36-,37+/m00/s1. The molecule has 1 saturated heterocycles. The van der Waals surface area contributed by atoms with Crippen molar-refractivity contribution in [3.63, 3.8) is 0 Å². The summed E-state index contributed by atoms with van der Waals surface area (Å²) in [6.07, 6.45) is 20.4. The average molecular weight is 1360 g/mol. The fourth-order valence-electron chi connectivity index (χ4n) is 16.6. The van der Waals surface area contributed by atoms with Gasteiger partial charge in [-0.2, -0.15) is 0 Å². The van der Waals surface area contributed by atoms with Crippen molar-refractivity contribution in [2.75, 3.05) is 136 Å². The summed E-state index contributed by atoms with van der Waals surface area (Å²) < 4.78 is 37.3. The molecule has 5 aliphatic heterocycles. The second kappa shape index (κ2) is 30.2. The van der Waals surface area contributed by atoms with Gasteiger partial charge in [0.2, 0.25) is 0 Å². The zero-order valence-corrected chi connectivity index (χ0v) is 57.9. The topological polar surface area (TPSA) is 187 Å². The molecular weight excluding hydrogens is 1260 g/mol. The largest absolute Gasteiger partial charge is 0.490 e. The molecule has 96 heavy (non-hydrogen) atoms. The Balaban J connectivity index is 0.000000184. The highest BCUT2D eigenvalue weighted by molar-refractivity contribution is 6.31. The van der Waals surface area contributed by atoms with Crippen LogP contribution in [0.3, 0.4) is 0 Å².